The van der Waals surface area contributed by atoms with Crippen molar-refractivity contribution in [2.24, 2.45) is 5.92 Å². The maximum absolute atomic E-state index is 13.0. The van der Waals surface area contributed by atoms with Crippen LogP contribution in [-0.4, -0.2) is 31.0 Å². The van der Waals surface area contributed by atoms with Gasteiger partial charge in [0.2, 0.25) is 0 Å². The van der Waals surface area contributed by atoms with E-state index >= 15 is 0 Å². The summed E-state index contributed by atoms with van der Waals surface area (Å²) in [6.07, 6.45) is -1.42. The van der Waals surface area contributed by atoms with Gasteiger partial charge in [-0.05, 0) is 25.8 Å². The van der Waals surface area contributed by atoms with Crippen LogP contribution in [0.15, 0.2) is 0 Å². The van der Waals surface area contributed by atoms with Crippen LogP contribution in [0.1, 0.15) is 19.8 Å². The van der Waals surface area contributed by atoms with Crippen molar-refractivity contribution >= 4 is 0 Å². The van der Waals surface area contributed by atoms with Gasteiger partial charge in [0.1, 0.15) is 6.17 Å². The van der Waals surface area contributed by atoms with Gasteiger partial charge in [0.05, 0.1) is 0 Å². The van der Waals surface area contributed by atoms with Gasteiger partial charge in [-0.1, -0.05) is 6.92 Å². The van der Waals surface area contributed by atoms with E-state index in [1.54, 1.807) is 7.05 Å². The molecule has 0 amide bonds. The lowest BCUT2D eigenvalue weighted by atomic mass is 10.0. The molecule has 0 aliphatic carbocycles. The Labute approximate surface area is 66.4 Å². The lowest BCUT2D eigenvalue weighted by Gasteiger charge is -2.19. The van der Waals surface area contributed by atoms with Gasteiger partial charge >= 0.3 is 0 Å². The summed E-state index contributed by atoms with van der Waals surface area (Å²) in [6, 6.07) is 0. The Balaban J connectivity index is 2.53. The monoisotopic (exact) mass is 163 g/mol. The van der Waals surface area contributed by atoms with Crippen LogP contribution in [0.2, 0.25) is 0 Å². The van der Waals surface area contributed by atoms with Gasteiger partial charge in [0.15, 0.2) is 6.30 Å². The van der Waals surface area contributed by atoms with Crippen molar-refractivity contribution in [1.82, 2.24) is 4.90 Å². The molecule has 11 heavy (non-hydrogen) atoms. The molecule has 1 saturated heterocycles. The van der Waals surface area contributed by atoms with Crippen LogP contribution in [0, 0.1) is 5.92 Å². The van der Waals surface area contributed by atoms with E-state index < -0.39 is 12.5 Å². The zero-order valence-corrected chi connectivity index (χ0v) is 7.06. The molecule has 3 heteroatoms. The molecule has 1 rings (SSSR count). The lowest BCUT2D eigenvalue weighted by Crippen LogP contribution is -2.33. The topological polar surface area (TPSA) is 3.24 Å². The minimum atomic E-state index is -1.39. The molecule has 0 saturated carbocycles. The van der Waals surface area contributed by atoms with Crippen molar-refractivity contribution in [3.63, 3.8) is 0 Å². The van der Waals surface area contributed by atoms with E-state index in [2.05, 4.69) is 0 Å². The molecule has 0 aromatic carbocycles. The Bertz CT molecular complexity index is 129. The second-order valence-electron chi connectivity index (χ2n) is 3.50. The molecule has 1 nitrogen and oxygen atoms in total. The van der Waals surface area contributed by atoms with Crippen LogP contribution in [0.4, 0.5) is 8.78 Å². The van der Waals surface area contributed by atoms with E-state index in [4.69, 9.17) is 0 Å². The molecule has 3 unspecified atom stereocenters. The molecule has 1 aliphatic rings. The van der Waals surface area contributed by atoms with Gasteiger partial charge < -0.3 is 0 Å². The predicted molar refractivity (Wildman–Crippen MR) is 40.8 cm³/mol. The second-order valence-corrected chi connectivity index (χ2v) is 3.50. The van der Waals surface area contributed by atoms with E-state index in [1.165, 1.54) is 4.90 Å². The van der Waals surface area contributed by atoms with Crippen LogP contribution in [-0.2, 0) is 0 Å². The Morgan fingerprint density at radius 3 is 2.64 bits per heavy atom. The Morgan fingerprint density at radius 2 is 2.00 bits per heavy atom. The summed E-state index contributed by atoms with van der Waals surface area (Å²) in [5, 5.41) is 0. The van der Waals surface area contributed by atoms with Gasteiger partial charge in [-0.25, -0.2) is 8.78 Å². The summed E-state index contributed by atoms with van der Waals surface area (Å²) >= 11 is 0. The maximum Gasteiger partial charge on any atom is 0.184 e. The minimum Gasteiger partial charge on any atom is -0.275 e. The van der Waals surface area contributed by atoms with Crippen molar-refractivity contribution in [2.45, 2.75) is 32.2 Å². The van der Waals surface area contributed by atoms with Crippen LogP contribution in [0.25, 0.3) is 0 Å². The standard InChI is InChI=1S/C8H15F2N/c1-6-3-4-11(2)8(10)7(9)5-6/h6-8H,3-5H2,1-2H3. The third-order valence-corrected chi connectivity index (χ3v) is 2.32. The highest BCUT2D eigenvalue weighted by molar-refractivity contribution is 4.75. The first kappa shape index (κ1) is 8.91. The molecule has 0 N–H and O–H groups in total. The fraction of sp³-hybridized carbons (Fsp3) is 1.00. The van der Waals surface area contributed by atoms with E-state index in [0.717, 1.165) is 6.42 Å². The average Bonchev–Trinajstić information content (AvgIpc) is 2.05. The van der Waals surface area contributed by atoms with Gasteiger partial charge in [0.25, 0.3) is 0 Å². The first-order chi connectivity index (χ1) is 5.11. The van der Waals surface area contributed by atoms with Crippen molar-refractivity contribution in [2.75, 3.05) is 13.6 Å². The van der Waals surface area contributed by atoms with Crippen LogP contribution in [0.5, 0.6) is 0 Å². The molecule has 3 atom stereocenters. The largest absolute Gasteiger partial charge is 0.275 e. The fourth-order valence-electron chi connectivity index (χ4n) is 1.44. The molecule has 66 valence electrons. The number of hydrogen-bond donors (Lipinski definition) is 0. The summed E-state index contributed by atoms with van der Waals surface area (Å²) in [5.74, 6) is 0.313. The molecule has 1 fully saturated rings. The van der Waals surface area contributed by atoms with E-state index in [1.807, 2.05) is 6.92 Å². The Hall–Kier alpha value is -0.180. The second kappa shape index (κ2) is 3.48. The van der Waals surface area contributed by atoms with Crippen molar-refractivity contribution in [1.29, 1.82) is 0 Å². The zero-order valence-electron chi connectivity index (χ0n) is 7.06. The third kappa shape index (κ3) is 2.12. The third-order valence-electron chi connectivity index (χ3n) is 2.32. The molecular formula is C8H15F2N. The number of halogens is 2. The highest BCUT2D eigenvalue weighted by atomic mass is 19.2. The first-order valence-corrected chi connectivity index (χ1v) is 4.09. The SMILES string of the molecule is CC1CCN(C)C(F)C(F)C1. The van der Waals surface area contributed by atoms with Gasteiger partial charge in [-0.2, -0.15) is 0 Å². The first-order valence-electron chi connectivity index (χ1n) is 4.09. The number of alkyl halides is 2. The van der Waals surface area contributed by atoms with E-state index in [-0.39, 0.29) is 0 Å². The number of rotatable bonds is 0. The Kier molecular flexibility index (Phi) is 2.82. The van der Waals surface area contributed by atoms with Crippen LogP contribution < -0.4 is 0 Å². The average molecular weight is 163 g/mol. The van der Waals surface area contributed by atoms with Crippen molar-refractivity contribution < 1.29 is 8.78 Å². The minimum absolute atomic E-state index is 0.313. The summed E-state index contributed by atoms with van der Waals surface area (Å²) in [7, 11) is 1.63. The summed E-state index contributed by atoms with van der Waals surface area (Å²) in [4.78, 5) is 1.45. The quantitative estimate of drug-likeness (QED) is 0.493. The molecule has 0 bridgehead atoms. The highest BCUT2D eigenvalue weighted by Crippen LogP contribution is 2.23. The molecule has 1 aliphatic heterocycles. The maximum atomic E-state index is 13.0. The highest BCUT2D eigenvalue weighted by Gasteiger charge is 2.29. The predicted octanol–water partition coefficient (Wildman–Crippen LogP) is 1.98. The molecule has 0 aromatic heterocycles. The summed E-state index contributed by atoms with van der Waals surface area (Å²) in [5.41, 5.74) is 0. The van der Waals surface area contributed by atoms with Gasteiger partial charge in [0, 0.05) is 6.54 Å². The fourth-order valence-corrected chi connectivity index (χ4v) is 1.44. The lowest BCUT2D eigenvalue weighted by molar-refractivity contribution is 0.0396. The van der Waals surface area contributed by atoms with E-state index in [0.29, 0.717) is 18.9 Å². The van der Waals surface area contributed by atoms with Crippen LogP contribution in [0.3, 0.4) is 0 Å². The van der Waals surface area contributed by atoms with E-state index in [9.17, 15) is 8.78 Å². The zero-order chi connectivity index (χ0) is 8.43. The Morgan fingerprint density at radius 1 is 1.36 bits per heavy atom. The van der Waals surface area contributed by atoms with Gasteiger partial charge in [-0.3, -0.25) is 4.90 Å². The van der Waals surface area contributed by atoms with Crippen molar-refractivity contribution in [3.8, 4) is 0 Å². The number of likely N-dealkylation sites (tertiary alicyclic amines) is 1. The molecular weight excluding hydrogens is 148 g/mol. The summed E-state index contributed by atoms with van der Waals surface area (Å²) < 4.78 is 25.9. The smallest absolute Gasteiger partial charge is 0.184 e. The van der Waals surface area contributed by atoms with Crippen LogP contribution >= 0.6 is 0 Å². The van der Waals surface area contributed by atoms with Crippen molar-refractivity contribution in [3.05, 3.63) is 0 Å². The number of hydrogen-bond acceptors (Lipinski definition) is 1. The normalized spacial score (nSPS) is 42.0. The molecule has 0 radical (unpaired) electrons. The number of nitrogens with zero attached hydrogens (tertiary/aromatic N) is 1. The molecule has 0 spiro atoms. The summed E-state index contributed by atoms with van der Waals surface area (Å²) in [6.45, 7) is 2.64. The molecule has 1 heterocycles. The van der Waals surface area contributed by atoms with Gasteiger partial charge in [-0.15, -0.1) is 0 Å². The molecule has 0 aromatic rings.